The Morgan fingerprint density at radius 1 is 1.16 bits per heavy atom. The van der Waals surface area contributed by atoms with Gasteiger partial charge in [0.05, 0.1) is 24.4 Å². The second-order valence-electron chi connectivity index (χ2n) is 11.9. The molecular formula is C26H41NO5. The minimum absolute atomic E-state index is 0.171. The zero-order valence-electron chi connectivity index (χ0n) is 19.7. The molecule has 4 N–H and O–H groups in total. The van der Waals surface area contributed by atoms with Crippen LogP contribution in [0.5, 0.6) is 0 Å². The number of esters is 1. The van der Waals surface area contributed by atoms with Crippen LogP contribution in [-0.4, -0.2) is 53.7 Å². The van der Waals surface area contributed by atoms with Gasteiger partial charge >= 0.3 is 5.97 Å². The molecule has 0 aromatic carbocycles. The van der Waals surface area contributed by atoms with E-state index in [4.69, 9.17) is 15.2 Å². The summed E-state index contributed by atoms with van der Waals surface area (Å²) in [6.07, 6.45) is 10.7. The first kappa shape index (κ1) is 22.8. The number of hydrogen-bond acceptors (Lipinski definition) is 6. The lowest BCUT2D eigenvalue weighted by molar-refractivity contribution is -0.210. The fourth-order valence-corrected chi connectivity index (χ4v) is 8.84. The molecule has 32 heavy (non-hydrogen) atoms. The van der Waals surface area contributed by atoms with Gasteiger partial charge in [0.25, 0.3) is 0 Å². The van der Waals surface area contributed by atoms with Crippen LogP contribution in [0.2, 0.25) is 0 Å². The lowest BCUT2D eigenvalue weighted by atomic mass is 9.43. The maximum absolute atomic E-state index is 12.3. The van der Waals surface area contributed by atoms with Crippen molar-refractivity contribution in [1.82, 2.24) is 0 Å². The van der Waals surface area contributed by atoms with Gasteiger partial charge in [0, 0.05) is 18.0 Å². The number of aliphatic hydroxyl groups excluding tert-OH is 1. The Bertz CT molecular complexity index is 784. The van der Waals surface area contributed by atoms with Crippen LogP contribution in [0.25, 0.3) is 0 Å². The van der Waals surface area contributed by atoms with Crippen molar-refractivity contribution in [3.63, 3.8) is 0 Å². The summed E-state index contributed by atoms with van der Waals surface area (Å²) >= 11 is 0. The molecule has 0 radical (unpaired) electrons. The molecule has 1 aliphatic heterocycles. The first-order valence-corrected chi connectivity index (χ1v) is 12.8. The summed E-state index contributed by atoms with van der Waals surface area (Å²) in [7, 11) is 0. The van der Waals surface area contributed by atoms with Gasteiger partial charge in [-0.2, -0.15) is 0 Å². The largest absolute Gasteiger partial charge is 0.458 e. The minimum Gasteiger partial charge on any atom is -0.458 e. The maximum Gasteiger partial charge on any atom is 0.331 e. The zero-order chi connectivity index (χ0) is 22.7. The van der Waals surface area contributed by atoms with Crippen molar-refractivity contribution in [2.45, 2.75) is 89.4 Å². The lowest BCUT2D eigenvalue weighted by Crippen LogP contribution is -2.62. The van der Waals surface area contributed by atoms with Crippen LogP contribution in [0.1, 0.15) is 71.6 Å². The van der Waals surface area contributed by atoms with E-state index < -0.39 is 11.7 Å². The number of ether oxygens (including phenoxy) is 2. The Labute approximate surface area is 191 Å². The molecule has 4 aliphatic carbocycles. The molecule has 4 fully saturated rings. The van der Waals surface area contributed by atoms with Crippen molar-refractivity contribution in [1.29, 1.82) is 0 Å². The van der Waals surface area contributed by atoms with Crippen molar-refractivity contribution in [2.75, 3.05) is 19.8 Å². The molecule has 180 valence electrons. The number of fused-ring (bicyclic) bond motifs is 5. The first-order chi connectivity index (χ1) is 15.2. The molecule has 0 aromatic rings. The smallest absolute Gasteiger partial charge is 0.331 e. The summed E-state index contributed by atoms with van der Waals surface area (Å²) in [6.45, 7) is 5.74. The Hall–Kier alpha value is -0.950. The third-order valence-corrected chi connectivity index (χ3v) is 10.7. The van der Waals surface area contributed by atoms with Gasteiger partial charge in [-0.3, -0.25) is 0 Å². The summed E-state index contributed by atoms with van der Waals surface area (Å²) in [5.41, 5.74) is 6.05. The molecular weight excluding hydrogens is 406 g/mol. The number of aliphatic hydroxyl groups is 2. The highest BCUT2D eigenvalue weighted by Gasteiger charge is 2.67. The molecule has 4 saturated carbocycles. The molecule has 9 atom stereocenters. The van der Waals surface area contributed by atoms with Crippen LogP contribution in [0.3, 0.4) is 0 Å². The molecule has 0 amide bonds. The quantitative estimate of drug-likeness (QED) is 0.560. The topological polar surface area (TPSA) is 102 Å². The SMILES string of the molecule is C[C@]12CC[C@H](OCC(O)CN)C[C@H]1CC[C@@H]1[C@@H]2CC[C@]2(C)[C@@H](C3=CC(=O)OC3)CC[C@]12O. The maximum atomic E-state index is 12.3. The van der Waals surface area contributed by atoms with E-state index in [1.54, 1.807) is 6.08 Å². The average molecular weight is 448 g/mol. The van der Waals surface area contributed by atoms with E-state index in [9.17, 15) is 15.0 Å². The van der Waals surface area contributed by atoms with Gasteiger partial charge in [0.15, 0.2) is 0 Å². The molecule has 5 rings (SSSR count). The number of hydrogen-bond donors (Lipinski definition) is 3. The Morgan fingerprint density at radius 2 is 1.97 bits per heavy atom. The van der Waals surface area contributed by atoms with Gasteiger partial charge in [-0.1, -0.05) is 13.8 Å². The van der Waals surface area contributed by atoms with Crippen LogP contribution >= 0.6 is 0 Å². The Kier molecular flexibility index (Phi) is 5.76. The second-order valence-corrected chi connectivity index (χ2v) is 11.9. The van der Waals surface area contributed by atoms with Crippen molar-refractivity contribution in [3.8, 4) is 0 Å². The number of rotatable bonds is 5. The van der Waals surface area contributed by atoms with Gasteiger partial charge in [-0.05, 0) is 92.4 Å². The van der Waals surface area contributed by atoms with E-state index in [1.165, 1.54) is 0 Å². The molecule has 6 heteroatoms. The van der Waals surface area contributed by atoms with Crippen LogP contribution < -0.4 is 5.73 Å². The van der Waals surface area contributed by atoms with E-state index in [-0.39, 0.29) is 35.4 Å². The van der Waals surface area contributed by atoms with Crippen molar-refractivity contribution < 1.29 is 24.5 Å². The molecule has 5 aliphatic rings. The number of carbonyl (C=O) groups is 1. The second kappa shape index (κ2) is 8.07. The molecule has 0 aromatic heterocycles. The standard InChI is InChI=1S/C26H41NO5/c1-24-8-5-19(31-15-18(28)13-27)12-17(24)3-4-22-21(24)6-9-25(2)20(7-10-26(22,25)30)16-11-23(29)32-14-16/h11,17-22,28,30H,3-10,12-15,27H2,1-2H3/t17-,18?,19+,20-,21+,22-,24+,25-,26+/m1/s1. The van der Waals surface area contributed by atoms with Gasteiger partial charge in [0.1, 0.15) is 6.61 Å². The first-order valence-electron chi connectivity index (χ1n) is 12.8. The third-order valence-electron chi connectivity index (χ3n) is 10.7. The normalized spacial score (nSPS) is 49.0. The summed E-state index contributed by atoms with van der Waals surface area (Å²) < 4.78 is 11.3. The predicted molar refractivity (Wildman–Crippen MR) is 121 cm³/mol. The average Bonchev–Trinajstić information content (AvgIpc) is 3.32. The van der Waals surface area contributed by atoms with Gasteiger partial charge in [0.2, 0.25) is 0 Å². The third kappa shape index (κ3) is 3.31. The highest BCUT2D eigenvalue weighted by atomic mass is 16.5. The molecule has 0 saturated heterocycles. The molecule has 0 bridgehead atoms. The van der Waals surface area contributed by atoms with Crippen LogP contribution in [0, 0.1) is 34.5 Å². The van der Waals surface area contributed by atoms with Gasteiger partial charge in [-0.15, -0.1) is 0 Å². The van der Waals surface area contributed by atoms with Crippen LogP contribution in [-0.2, 0) is 14.3 Å². The van der Waals surface area contributed by atoms with Crippen LogP contribution in [0.15, 0.2) is 11.6 Å². The zero-order valence-corrected chi connectivity index (χ0v) is 19.7. The Balaban J connectivity index is 1.33. The summed E-state index contributed by atoms with van der Waals surface area (Å²) in [4.78, 5) is 11.7. The van der Waals surface area contributed by atoms with E-state index in [0.717, 1.165) is 63.4 Å². The molecule has 0 spiro atoms. The van der Waals surface area contributed by atoms with E-state index in [2.05, 4.69) is 13.8 Å². The van der Waals surface area contributed by atoms with Crippen molar-refractivity contribution in [2.24, 2.45) is 40.2 Å². The summed E-state index contributed by atoms with van der Waals surface area (Å²) in [5, 5.41) is 22.0. The Morgan fingerprint density at radius 3 is 2.69 bits per heavy atom. The van der Waals surface area contributed by atoms with E-state index >= 15 is 0 Å². The predicted octanol–water partition coefficient (Wildman–Crippen LogP) is 2.95. The lowest BCUT2D eigenvalue weighted by Gasteiger charge is -2.63. The molecule has 1 heterocycles. The van der Waals surface area contributed by atoms with Gasteiger partial charge < -0.3 is 25.4 Å². The monoisotopic (exact) mass is 447 g/mol. The summed E-state index contributed by atoms with van der Waals surface area (Å²) in [5.74, 6) is 1.53. The number of nitrogens with two attached hydrogens (primary N) is 1. The van der Waals surface area contributed by atoms with Crippen LogP contribution in [0.4, 0.5) is 0 Å². The fourth-order valence-electron chi connectivity index (χ4n) is 8.84. The highest BCUT2D eigenvalue weighted by Crippen LogP contribution is 2.70. The van der Waals surface area contributed by atoms with E-state index in [1.807, 2.05) is 0 Å². The molecule has 6 nitrogen and oxygen atoms in total. The molecule has 1 unspecified atom stereocenters. The van der Waals surface area contributed by atoms with Crippen molar-refractivity contribution in [3.05, 3.63) is 11.6 Å². The number of carbonyl (C=O) groups excluding carboxylic acids is 1. The summed E-state index contributed by atoms with van der Waals surface area (Å²) in [6, 6.07) is 0. The van der Waals surface area contributed by atoms with Crippen molar-refractivity contribution >= 4 is 5.97 Å². The highest BCUT2D eigenvalue weighted by molar-refractivity contribution is 5.85. The minimum atomic E-state index is -0.653. The van der Waals surface area contributed by atoms with Gasteiger partial charge in [-0.25, -0.2) is 4.79 Å². The fraction of sp³-hybridized carbons (Fsp3) is 0.885. The number of cyclic esters (lactones) is 1. The van der Waals surface area contributed by atoms with E-state index in [0.29, 0.717) is 31.0 Å².